The van der Waals surface area contributed by atoms with Crippen LogP contribution in [-0.4, -0.2) is 37.1 Å². The fourth-order valence-electron chi connectivity index (χ4n) is 2.42. The average Bonchev–Trinajstić information content (AvgIpc) is 2.27. The van der Waals surface area contributed by atoms with Crippen LogP contribution in [0.2, 0.25) is 0 Å². The lowest BCUT2D eigenvalue weighted by Gasteiger charge is -2.41. The molecule has 0 unspecified atom stereocenters. The molecule has 1 rings (SSSR count). The Bertz CT molecular complexity index is 280. The minimum absolute atomic E-state index is 0.273. The van der Waals surface area contributed by atoms with Crippen molar-refractivity contribution in [1.29, 1.82) is 5.26 Å². The van der Waals surface area contributed by atoms with Crippen LogP contribution in [-0.2, 0) is 0 Å². The van der Waals surface area contributed by atoms with Gasteiger partial charge in [0, 0.05) is 6.54 Å². The Morgan fingerprint density at radius 3 is 2.24 bits per heavy atom. The van der Waals surface area contributed by atoms with Crippen molar-refractivity contribution >= 4 is 0 Å². The van der Waals surface area contributed by atoms with E-state index in [-0.39, 0.29) is 5.41 Å². The lowest BCUT2D eigenvalue weighted by Crippen LogP contribution is -2.47. The van der Waals surface area contributed by atoms with Gasteiger partial charge in [-0.05, 0) is 58.2 Å². The van der Waals surface area contributed by atoms with E-state index in [0.717, 1.165) is 12.5 Å². The first-order valence-corrected chi connectivity index (χ1v) is 6.62. The molecule has 1 saturated heterocycles. The Labute approximate surface area is 106 Å². The van der Waals surface area contributed by atoms with Crippen molar-refractivity contribution in [2.24, 2.45) is 11.3 Å². The number of rotatable bonds is 4. The van der Waals surface area contributed by atoms with Gasteiger partial charge in [0.2, 0.25) is 0 Å². The van der Waals surface area contributed by atoms with Gasteiger partial charge in [-0.1, -0.05) is 13.8 Å². The summed E-state index contributed by atoms with van der Waals surface area (Å²) in [6, 6.07) is 2.30. The fraction of sp³-hybridized carbons (Fsp3) is 0.929. The third-order valence-corrected chi connectivity index (χ3v) is 4.09. The van der Waals surface area contributed by atoms with E-state index < -0.39 is 5.54 Å². The Balaban J connectivity index is 2.48. The topological polar surface area (TPSA) is 39.1 Å². The number of nitrogens with one attached hydrogen (secondary N) is 1. The Hall–Kier alpha value is -0.590. The quantitative estimate of drug-likeness (QED) is 0.815. The molecule has 0 aromatic heterocycles. The summed E-state index contributed by atoms with van der Waals surface area (Å²) in [6.07, 6.45) is 2.55. The largest absolute Gasteiger partial charge is 0.306 e. The maximum absolute atomic E-state index is 9.02. The minimum Gasteiger partial charge on any atom is -0.306 e. The van der Waals surface area contributed by atoms with E-state index in [2.05, 4.69) is 37.2 Å². The van der Waals surface area contributed by atoms with Crippen LogP contribution in [0, 0.1) is 22.7 Å². The summed E-state index contributed by atoms with van der Waals surface area (Å²) in [4.78, 5) is 2.40. The zero-order valence-corrected chi connectivity index (χ0v) is 12.0. The molecule has 3 heteroatoms. The van der Waals surface area contributed by atoms with Crippen molar-refractivity contribution < 1.29 is 0 Å². The molecule has 0 atom stereocenters. The lowest BCUT2D eigenvalue weighted by molar-refractivity contribution is 0.109. The van der Waals surface area contributed by atoms with Crippen molar-refractivity contribution in [2.45, 2.75) is 46.1 Å². The molecule has 17 heavy (non-hydrogen) atoms. The molecule has 1 heterocycles. The van der Waals surface area contributed by atoms with E-state index in [1.165, 1.54) is 25.9 Å². The van der Waals surface area contributed by atoms with Crippen LogP contribution in [0.1, 0.15) is 40.5 Å². The van der Waals surface area contributed by atoms with Gasteiger partial charge < -0.3 is 4.90 Å². The SMILES string of the molecule is CN1CCC(C(C)(C)CNC(C)(C)C#N)CC1. The number of nitrogens with zero attached hydrogens (tertiary/aromatic N) is 2. The summed E-state index contributed by atoms with van der Waals surface area (Å²) < 4.78 is 0. The van der Waals surface area contributed by atoms with Gasteiger partial charge in [-0.25, -0.2) is 0 Å². The van der Waals surface area contributed by atoms with Crippen LogP contribution in [0.3, 0.4) is 0 Å². The van der Waals surface area contributed by atoms with Crippen LogP contribution in [0.15, 0.2) is 0 Å². The van der Waals surface area contributed by atoms with Gasteiger partial charge in [-0.2, -0.15) is 5.26 Å². The summed E-state index contributed by atoms with van der Waals surface area (Å²) in [5.41, 5.74) is -0.141. The summed E-state index contributed by atoms with van der Waals surface area (Å²) in [7, 11) is 2.19. The fourth-order valence-corrected chi connectivity index (χ4v) is 2.42. The summed E-state index contributed by atoms with van der Waals surface area (Å²) >= 11 is 0. The number of piperidine rings is 1. The van der Waals surface area contributed by atoms with E-state index in [0.29, 0.717) is 0 Å². The zero-order chi connectivity index (χ0) is 13.1. The maximum atomic E-state index is 9.02. The molecular weight excluding hydrogens is 210 g/mol. The molecule has 0 aliphatic carbocycles. The van der Waals surface area contributed by atoms with Crippen molar-refractivity contribution in [1.82, 2.24) is 10.2 Å². The third-order valence-electron chi connectivity index (χ3n) is 4.09. The van der Waals surface area contributed by atoms with Crippen LogP contribution in [0.25, 0.3) is 0 Å². The van der Waals surface area contributed by atoms with E-state index in [4.69, 9.17) is 5.26 Å². The van der Waals surface area contributed by atoms with Crippen molar-refractivity contribution in [2.75, 3.05) is 26.7 Å². The minimum atomic E-state index is -0.414. The molecule has 0 aromatic carbocycles. The standard InChI is InChI=1S/C14H27N3/c1-13(2,11-16-14(3,4)10-15)12-6-8-17(5)9-7-12/h12,16H,6-9,11H2,1-5H3. The maximum Gasteiger partial charge on any atom is 0.101 e. The van der Waals surface area contributed by atoms with Gasteiger partial charge in [-0.15, -0.1) is 0 Å². The van der Waals surface area contributed by atoms with E-state index in [1.54, 1.807) is 0 Å². The second-order valence-electron chi connectivity index (χ2n) is 6.66. The molecule has 0 radical (unpaired) electrons. The third kappa shape index (κ3) is 4.29. The monoisotopic (exact) mass is 237 g/mol. The average molecular weight is 237 g/mol. The Morgan fingerprint density at radius 2 is 1.76 bits per heavy atom. The van der Waals surface area contributed by atoms with Gasteiger partial charge >= 0.3 is 0 Å². The second kappa shape index (κ2) is 5.37. The first-order chi connectivity index (χ1) is 7.77. The highest BCUT2D eigenvalue weighted by molar-refractivity contribution is 5.01. The number of nitriles is 1. The molecule has 0 amide bonds. The van der Waals surface area contributed by atoms with Crippen molar-refractivity contribution in [3.8, 4) is 6.07 Å². The highest BCUT2D eigenvalue weighted by Crippen LogP contribution is 2.34. The van der Waals surface area contributed by atoms with Gasteiger partial charge in [0.25, 0.3) is 0 Å². The van der Waals surface area contributed by atoms with Crippen LogP contribution in [0.4, 0.5) is 0 Å². The Kier molecular flexibility index (Phi) is 4.57. The van der Waals surface area contributed by atoms with Gasteiger partial charge in [-0.3, -0.25) is 5.32 Å². The predicted octanol–water partition coefficient (Wildman–Crippen LogP) is 2.25. The van der Waals surface area contributed by atoms with Crippen LogP contribution >= 0.6 is 0 Å². The van der Waals surface area contributed by atoms with E-state index in [1.807, 2.05) is 13.8 Å². The molecular formula is C14H27N3. The molecule has 1 aliphatic rings. The first-order valence-electron chi connectivity index (χ1n) is 6.62. The van der Waals surface area contributed by atoms with Gasteiger partial charge in [0.1, 0.15) is 5.54 Å². The summed E-state index contributed by atoms with van der Waals surface area (Å²) in [6.45, 7) is 11.9. The van der Waals surface area contributed by atoms with Crippen molar-refractivity contribution in [3.05, 3.63) is 0 Å². The lowest BCUT2D eigenvalue weighted by atomic mass is 9.73. The molecule has 1 fully saturated rings. The molecule has 0 bridgehead atoms. The molecule has 1 aliphatic heterocycles. The molecule has 0 spiro atoms. The smallest absolute Gasteiger partial charge is 0.101 e. The number of hydrogen-bond acceptors (Lipinski definition) is 3. The van der Waals surface area contributed by atoms with Crippen molar-refractivity contribution in [3.63, 3.8) is 0 Å². The highest BCUT2D eigenvalue weighted by atomic mass is 15.1. The number of hydrogen-bond donors (Lipinski definition) is 1. The first kappa shape index (κ1) is 14.5. The second-order valence-corrected chi connectivity index (χ2v) is 6.66. The van der Waals surface area contributed by atoms with Gasteiger partial charge in [0.15, 0.2) is 0 Å². The van der Waals surface area contributed by atoms with E-state index in [9.17, 15) is 0 Å². The van der Waals surface area contributed by atoms with Gasteiger partial charge in [0.05, 0.1) is 6.07 Å². The van der Waals surface area contributed by atoms with Crippen LogP contribution < -0.4 is 5.32 Å². The Morgan fingerprint density at radius 1 is 1.24 bits per heavy atom. The molecule has 1 N–H and O–H groups in total. The molecule has 98 valence electrons. The number of likely N-dealkylation sites (tertiary alicyclic amines) is 1. The predicted molar refractivity (Wildman–Crippen MR) is 71.7 cm³/mol. The molecule has 0 saturated carbocycles. The highest BCUT2D eigenvalue weighted by Gasteiger charge is 2.33. The zero-order valence-electron chi connectivity index (χ0n) is 12.0. The van der Waals surface area contributed by atoms with E-state index >= 15 is 0 Å². The normalized spacial score (nSPS) is 20.2. The van der Waals surface area contributed by atoms with Crippen LogP contribution in [0.5, 0.6) is 0 Å². The molecule has 0 aromatic rings. The summed E-state index contributed by atoms with van der Waals surface area (Å²) in [5, 5.41) is 12.4. The molecule has 3 nitrogen and oxygen atoms in total. The summed E-state index contributed by atoms with van der Waals surface area (Å²) in [5.74, 6) is 0.765.